The number of ether oxygens (including phenoxy) is 2. The summed E-state index contributed by atoms with van der Waals surface area (Å²) in [5, 5.41) is 6.48. The Kier molecular flexibility index (Phi) is 7.65. The molecule has 23 heavy (non-hydrogen) atoms. The molecule has 1 saturated heterocycles. The summed E-state index contributed by atoms with van der Waals surface area (Å²) in [6.45, 7) is 4.99. The second-order valence-electron chi connectivity index (χ2n) is 5.91. The smallest absolute Gasteiger partial charge is 0.223 e. The Morgan fingerprint density at radius 1 is 1.35 bits per heavy atom. The summed E-state index contributed by atoms with van der Waals surface area (Å²) in [6.07, 6.45) is 1.77. The molecule has 1 aliphatic rings. The second-order valence-corrected chi connectivity index (χ2v) is 5.91. The first-order chi connectivity index (χ1) is 10.5. The summed E-state index contributed by atoms with van der Waals surface area (Å²) in [5.74, 6) is 1.71. The number of piperidine rings is 1. The minimum atomic E-state index is -0.122. The lowest BCUT2D eigenvalue weighted by molar-refractivity contribution is -0.126. The van der Waals surface area contributed by atoms with Crippen LogP contribution in [0.3, 0.4) is 0 Å². The zero-order chi connectivity index (χ0) is 16.1. The Morgan fingerprint density at radius 3 is 2.70 bits per heavy atom. The van der Waals surface area contributed by atoms with Crippen LogP contribution in [0.25, 0.3) is 0 Å². The number of methoxy groups -OCH3 is 2. The molecule has 0 aliphatic carbocycles. The van der Waals surface area contributed by atoms with Gasteiger partial charge in [0, 0.05) is 17.5 Å². The van der Waals surface area contributed by atoms with Gasteiger partial charge in [0.25, 0.3) is 0 Å². The average molecular weight is 343 g/mol. The molecule has 1 unspecified atom stereocenters. The monoisotopic (exact) mass is 342 g/mol. The molecular weight excluding hydrogens is 316 g/mol. The van der Waals surface area contributed by atoms with Crippen LogP contribution in [0.1, 0.15) is 38.3 Å². The molecule has 2 rings (SSSR count). The van der Waals surface area contributed by atoms with Gasteiger partial charge in [-0.1, -0.05) is 0 Å². The topological polar surface area (TPSA) is 59.6 Å². The van der Waals surface area contributed by atoms with Crippen LogP contribution < -0.4 is 20.1 Å². The first-order valence-electron chi connectivity index (χ1n) is 7.80. The maximum atomic E-state index is 12.5. The van der Waals surface area contributed by atoms with E-state index in [4.69, 9.17) is 9.47 Å². The van der Waals surface area contributed by atoms with Crippen LogP contribution in [0.2, 0.25) is 0 Å². The van der Waals surface area contributed by atoms with Crippen LogP contribution in [0.4, 0.5) is 0 Å². The zero-order valence-corrected chi connectivity index (χ0v) is 15.0. The van der Waals surface area contributed by atoms with Gasteiger partial charge in [-0.05, 0) is 51.4 Å². The van der Waals surface area contributed by atoms with Crippen LogP contribution in [-0.4, -0.2) is 32.7 Å². The third-order valence-corrected chi connectivity index (χ3v) is 4.26. The average Bonchev–Trinajstić information content (AvgIpc) is 2.54. The molecule has 1 heterocycles. The van der Waals surface area contributed by atoms with Crippen molar-refractivity contribution in [1.82, 2.24) is 10.6 Å². The van der Waals surface area contributed by atoms with Crippen molar-refractivity contribution >= 4 is 18.3 Å². The Balaban J connectivity index is 0.00000264. The van der Waals surface area contributed by atoms with E-state index in [9.17, 15) is 4.79 Å². The number of hydrogen-bond donors (Lipinski definition) is 2. The molecule has 130 valence electrons. The first-order valence-corrected chi connectivity index (χ1v) is 7.80. The van der Waals surface area contributed by atoms with Gasteiger partial charge < -0.3 is 20.1 Å². The predicted octanol–water partition coefficient (Wildman–Crippen LogP) is 2.69. The summed E-state index contributed by atoms with van der Waals surface area (Å²) in [7, 11) is 3.26. The van der Waals surface area contributed by atoms with E-state index in [1.165, 1.54) is 0 Å². The molecule has 2 N–H and O–H groups in total. The van der Waals surface area contributed by atoms with Crippen LogP contribution in [0, 0.1) is 5.92 Å². The summed E-state index contributed by atoms with van der Waals surface area (Å²) >= 11 is 0. The van der Waals surface area contributed by atoms with Crippen LogP contribution >= 0.6 is 12.4 Å². The van der Waals surface area contributed by atoms with Gasteiger partial charge in [-0.15, -0.1) is 12.4 Å². The highest BCUT2D eigenvalue weighted by Crippen LogP contribution is 2.29. The van der Waals surface area contributed by atoms with Crippen molar-refractivity contribution in [3.8, 4) is 11.5 Å². The second kappa shape index (κ2) is 8.99. The molecule has 6 heteroatoms. The number of hydrogen-bond acceptors (Lipinski definition) is 4. The lowest BCUT2D eigenvalue weighted by Crippen LogP contribution is -2.43. The maximum absolute atomic E-state index is 12.5. The third-order valence-electron chi connectivity index (χ3n) is 4.26. The van der Waals surface area contributed by atoms with Crippen molar-refractivity contribution in [3.05, 3.63) is 23.8 Å². The molecular formula is C17H27ClN2O3. The van der Waals surface area contributed by atoms with E-state index >= 15 is 0 Å². The first kappa shape index (κ1) is 19.6. The molecule has 1 aromatic carbocycles. The summed E-state index contributed by atoms with van der Waals surface area (Å²) < 4.78 is 10.7. The number of carbonyl (C=O) groups excluding carboxylic acids is 1. The van der Waals surface area contributed by atoms with Gasteiger partial charge in [0.1, 0.15) is 11.5 Å². The Morgan fingerprint density at radius 2 is 2.09 bits per heavy atom. The molecule has 0 spiro atoms. The summed E-state index contributed by atoms with van der Waals surface area (Å²) in [6, 6.07) is 5.90. The number of rotatable bonds is 5. The standard InChI is InChI=1S/C17H26N2O3.ClH/c1-11-9-13(7-8-18-11)17(20)19-12(2)15-10-14(21-3)5-6-16(15)22-4;/h5-6,10-13,18H,7-9H2,1-4H3,(H,19,20);1H/t11-,12?,13-;/m0./s1. The molecule has 0 aromatic heterocycles. The van der Waals surface area contributed by atoms with Gasteiger partial charge in [-0.3, -0.25) is 4.79 Å². The van der Waals surface area contributed by atoms with Crippen molar-refractivity contribution in [1.29, 1.82) is 0 Å². The number of benzene rings is 1. The predicted molar refractivity (Wildman–Crippen MR) is 93.5 cm³/mol. The van der Waals surface area contributed by atoms with E-state index in [2.05, 4.69) is 17.6 Å². The Hall–Kier alpha value is -1.46. The molecule has 3 atom stereocenters. The number of amides is 1. The SMILES string of the molecule is COc1ccc(OC)c(C(C)NC(=O)[C@H]2CCN[C@@H](C)C2)c1.Cl. The lowest BCUT2D eigenvalue weighted by Gasteiger charge is -2.28. The van der Waals surface area contributed by atoms with Crippen molar-refractivity contribution < 1.29 is 14.3 Å². The fourth-order valence-electron chi connectivity index (χ4n) is 2.96. The van der Waals surface area contributed by atoms with E-state index in [-0.39, 0.29) is 30.3 Å². The molecule has 0 radical (unpaired) electrons. The Bertz CT molecular complexity index is 525. The minimum Gasteiger partial charge on any atom is -0.497 e. The highest BCUT2D eigenvalue weighted by molar-refractivity contribution is 5.85. The molecule has 5 nitrogen and oxygen atoms in total. The van der Waals surface area contributed by atoms with Crippen molar-refractivity contribution in [2.24, 2.45) is 5.92 Å². The van der Waals surface area contributed by atoms with E-state index in [0.717, 1.165) is 36.4 Å². The van der Waals surface area contributed by atoms with Crippen LogP contribution in [0.15, 0.2) is 18.2 Å². The molecule has 1 aromatic rings. The van der Waals surface area contributed by atoms with Crippen molar-refractivity contribution in [2.45, 2.75) is 38.8 Å². The van der Waals surface area contributed by atoms with Gasteiger partial charge in [0.2, 0.25) is 5.91 Å². The van der Waals surface area contributed by atoms with Crippen molar-refractivity contribution in [3.63, 3.8) is 0 Å². The molecule has 1 fully saturated rings. The third kappa shape index (κ3) is 5.01. The highest BCUT2D eigenvalue weighted by atomic mass is 35.5. The van der Waals surface area contributed by atoms with Crippen LogP contribution in [-0.2, 0) is 4.79 Å². The number of nitrogens with one attached hydrogen (secondary N) is 2. The summed E-state index contributed by atoms with van der Waals surface area (Å²) in [5.41, 5.74) is 0.928. The van der Waals surface area contributed by atoms with Gasteiger partial charge in [-0.2, -0.15) is 0 Å². The van der Waals surface area contributed by atoms with Crippen LogP contribution in [0.5, 0.6) is 11.5 Å². The van der Waals surface area contributed by atoms with E-state index in [1.54, 1.807) is 14.2 Å². The zero-order valence-electron chi connectivity index (χ0n) is 14.2. The largest absolute Gasteiger partial charge is 0.497 e. The number of carbonyl (C=O) groups is 1. The maximum Gasteiger partial charge on any atom is 0.223 e. The fourth-order valence-corrected chi connectivity index (χ4v) is 2.96. The molecule has 0 saturated carbocycles. The van der Waals surface area contributed by atoms with Gasteiger partial charge in [0.15, 0.2) is 0 Å². The summed E-state index contributed by atoms with van der Waals surface area (Å²) in [4.78, 5) is 12.5. The van der Waals surface area contributed by atoms with Gasteiger partial charge >= 0.3 is 0 Å². The minimum absolute atomic E-state index is 0. The normalized spacial score (nSPS) is 21.7. The van der Waals surface area contributed by atoms with Gasteiger partial charge in [0.05, 0.1) is 20.3 Å². The number of halogens is 1. The molecule has 1 aliphatic heterocycles. The van der Waals surface area contributed by atoms with E-state index in [0.29, 0.717) is 6.04 Å². The molecule has 0 bridgehead atoms. The molecule has 1 amide bonds. The van der Waals surface area contributed by atoms with E-state index in [1.807, 2.05) is 25.1 Å². The van der Waals surface area contributed by atoms with Crippen molar-refractivity contribution in [2.75, 3.05) is 20.8 Å². The van der Waals surface area contributed by atoms with Gasteiger partial charge in [-0.25, -0.2) is 0 Å². The highest BCUT2D eigenvalue weighted by Gasteiger charge is 2.26. The van der Waals surface area contributed by atoms with E-state index < -0.39 is 0 Å². The Labute approximate surface area is 144 Å². The quantitative estimate of drug-likeness (QED) is 0.863. The lowest BCUT2D eigenvalue weighted by atomic mass is 9.92. The fraction of sp³-hybridized carbons (Fsp3) is 0.588.